The lowest BCUT2D eigenvalue weighted by molar-refractivity contribution is -0.383. The molecule has 0 saturated carbocycles. The maximum absolute atomic E-state index is 10.9. The summed E-state index contributed by atoms with van der Waals surface area (Å²) in [5.74, 6) is 0.892. The number of nitro groups is 1. The summed E-state index contributed by atoms with van der Waals surface area (Å²) < 4.78 is 5.33. The Kier molecular flexibility index (Phi) is 3.27. The first-order valence-corrected chi connectivity index (χ1v) is 5.42. The van der Waals surface area contributed by atoms with Crippen LogP contribution in [0.1, 0.15) is 24.6 Å². The van der Waals surface area contributed by atoms with Gasteiger partial charge in [-0.25, -0.2) is 15.0 Å². The Balaban J connectivity index is 2.28. The van der Waals surface area contributed by atoms with Gasteiger partial charge in [-0.1, -0.05) is 0 Å². The molecule has 1 unspecified atom stereocenters. The molecular formula is C10H12N6O3. The van der Waals surface area contributed by atoms with Gasteiger partial charge in [-0.2, -0.15) is 0 Å². The summed E-state index contributed by atoms with van der Waals surface area (Å²) in [5, 5.41) is 13.8. The molecule has 1 atom stereocenters. The minimum absolute atomic E-state index is 0.0286. The lowest BCUT2D eigenvalue weighted by atomic mass is 10.3. The van der Waals surface area contributed by atoms with Crippen molar-refractivity contribution >= 4 is 17.3 Å². The summed E-state index contributed by atoms with van der Waals surface area (Å²) in [6.07, 6.45) is 2.72. The van der Waals surface area contributed by atoms with Gasteiger partial charge in [0, 0.05) is 0 Å². The number of nitrogens with zero attached hydrogens (tertiary/aromatic N) is 4. The van der Waals surface area contributed by atoms with E-state index in [2.05, 4.69) is 20.3 Å². The summed E-state index contributed by atoms with van der Waals surface area (Å²) in [4.78, 5) is 21.7. The average Bonchev–Trinajstić information content (AvgIpc) is 2.75. The van der Waals surface area contributed by atoms with Crippen molar-refractivity contribution in [1.82, 2.24) is 15.0 Å². The minimum atomic E-state index is -0.634. The summed E-state index contributed by atoms with van der Waals surface area (Å²) in [7, 11) is 0. The number of anilines is 2. The Morgan fingerprint density at radius 2 is 2.21 bits per heavy atom. The lowest BCUT2D eigenvalue weighted by Gasteiger charge is -2.11. The van der Waals surface area contributed by atoms with Crippen molar-refractivity contribution in [1.29, 1.82) is 0 Å². The molecule has 0 radical (unpaired) electrons. The van der Waals surface area contributed by atoms with Crippen LogP contribution in [-0.2, 0) is 0 Å². The number of aryl methyl sites for hydroxylation is 1. The van der Waals surface area contributed by atoms with E-state index in [0.29, 0.717) is 11.7 Å². The molecular weight excluding hydrogens is 252 g/mol. The summed E-state index contributed by atoms with van der Waals surface area (Å²) >= 11 is 0. The first kappa shape index (κ1) is 12.7. The Hall–Kier alpha value is -2.71. The fourth-order valence-electron chi connectivity index (χ4n) is 1.52. The highest BCUT2D eigenvalue weighted by molar-refractivity contribution is 5.67. The predicted molar refractivity (Wildman–Crippen MR) is 66.4 cm³/mol. The molecule has 2 aromatic rings. The molecule has 2 rings (SSSR count). The van der Waals surface area contributed by atoms with Gasteiger partial charge in [0.25, 0.3) is 0 Å². The van der Waals surface area contributed by atoms with Crippen molar-refractivity contribution in [2.45, 2.75) is 19.9 Å². The molecule has 19 heavy (non-hydrogen) atoms. The second-order valence-corrected chi connectivity index (χ2v) is 3.89. The number of hydrogen-bond donors (Lipinski definition) is 2. The van der Waals surface area contributed by atoms with Gasteiger partial charge in [-0.3, -0.25) is 10.1 Å². The molecule has 100 valence electrons. The first-order chi connectivity index (χ1) is 8.99. The van der Waals surface area contributed by atoms with Gasteiger partial charge < -0.3 is 15.5 Å². The summed E-state index contributed by atoms with van der Waals surface area (Å²) in [6, 6.07) is -0.387. The Labute approximate surface area is 108 Å². The van der Waals surface area contributed by atoms with E-state index in [4.69, 9.17) is 10.2 Å². The zero-order valence-electron chi connectivity index (χ0n) is 10.3. The fraction of sp³-hybridized carbons (Fsp3) is 0.300. The van der Waals surface area contributed by atoms with E-state index in [9.17, 15) is 10.1 Å². The van der Waals surface area contributed by atoms with Gasteiger partial charge in [-0.05, 0) is 13.8 Å². The lowest BCUT2D eigenvalue weighted by Crippen LogP contribution is -2.12. The molecule has 0 amide bonds. The topological polar surface area (TPSA) is 133 Å². The molecule has 9 nitrogen and oxygen atoms in total. The molecule has 0 fully saturated rings. The van der Waals surface area contributed by atoms with Crippen LogP contribution in [0.3, 0.4) is 0 Å². The Morgan fingerprint density at radius 1 is 1.47 bits per heavy atom. The van der Waals surface area contributed by atoms with Crippen molar-refractivity contribution in [3.63, 3.8) is 0 Å². The molecule has 0 aromatic carbocycles. The first-order valence-electron chi connectivity index (χ1n) is 5.42. The molecule has 0 saturated heterocycles. The van der Waals surface area contributed by atoms with Crippen LogP contribution in [0.5, 0.6) is 0 Å². The fourth-order valence-corrected chi connectivity index (χ4v) is 1.52. The second-order valence-electron chi connectivity index (χ2n) is 3.89. The van der Waals surface area contributed by atoms with Crippen LogP contribution in [0.4, 0.5) is 17.3 Å². The molecule has 2 aromatic heterocycles. The van der Waals surface area contributed by atoms with Crippen molar-refractivity contribution in [2.24, 2.45) is 0 Å². The minimum Gasteiger partial charge on any atom is -0.444 e. The van der Waals surface area contributed by atoms with E-state index in [0.717, 1.165) is 6.33 Å². The van der Waals surface area contributed by atoms with E-state index in [1.165, 1.54) is 0 Å². The monoisotopic (exact) mass is 264 g/mol. The molecule has 0 bridgehead atoms. The molecule has 0 aliphatic heterocycles. The highest BCUT2D eigenvalue weighted by Gasteiger charge is 2.23. The number of aromatic nitrogens is 3. The van der Waals surface area contributed by atoms with Gasteiger partial charge in [-0.15, -0.1) is 0 Å². The summed E-state index contributed by atoms with van der Waals surface area (Å²) in [5.41, 5.74) is 5.11. The van der Waals surface area contributed by atoms with E-state index in [1.807, 2.05) is 0 Å². The summed E-state index contributed by atoms with van der Waals surface area (Å²) in [6.45, 7) is 3.50. The number of nitrogens with one attached hydrogen (secondary N) is 1. The average molecular weight is 264 g/mol. The molecule has 9 heteroatoms. The Bertz CT molecular complexity index is 611. The quantitative estimate of drug-likeness (QED) is 0.625. The van der Waals surface area contributed by atoms with Gasteiger partial charge in [0.1, 0.15) is 18.1 Å². The molecule has 0 aliphatic rings. The SMILES string of the molecule is Cc1cnc(C(C)Nc2ncnc(N)c2[N+](=O)[O-])o1. The van der Waals surface area contributed by atoms with E-state index < -0.39 is 4.92 Å². The van der Waals surface area contributed by atoms with Gasteiger partial charge in [0.15, 0.2) is 0 Å². The maximum atomic E-state index is 10.9. The molecule has 0 spiro atoms. The second kappa shape index (κ2) is 4.88. The van der Waals surface area contributed by atoms with Gasteiger partial charge in [0.05, 0.1) is 11.1 Å². The predicted octanol–water partition coefficient (Wildman–Crippen LogP) is 1.44. The third-order valence-corrected chi connectivity index (χ3v) is 2.40. The molecule has 3 N–H and O–H groups in total. The third-order valence-electron chi connectivity index (χ3n) is 2.40. The van der Waals surface area contributed by atoms with Crippen LogP contribution in [0.15, 0.2) is 16.9 Å². The van der Waals surface area contributed by atoms with Crippen LogP contribution in [-0.4, -0.2) is 19.9 Å². The number of nitrogens with two attached hydrogens (primary N) is 1. The highest BCUT2D eigenvalue weighted by Crippen LogP contribution is 2.29. The van der Waals surface area contributed by atoms with Crippen molar-refractivity contribution < 1.29 is 9.34 Å². The zero-order chi connectivity index (χ0) is 14.0. The standard InChI is InChI=1S/C10H12N6O3/c1-5-3-12-10(19-5)6(2)15-9-7(16(17)18)8(11)13-4-14-9/h3-4,6H,1-2H3,(H3,11,13,14,15). The van der Waals surface area contributed by atoms with Gasteiger partial charge in [0.2, 0.25) is 17.5 Å². The molecule has 0 aliphatic carbocycles. The maximum Gasteiger partial charge on any atom is 0.353 e. The Morgan fingerprint density at radius 3 is 2.79 bits per heavy atom. The van der Waals surface area contributed by atoms with E-state index in [1.54, 1.807) is 20.0 Å². The van der Waals surface area contributed by atoms with Crippen LogP contribution in [0, 0.1) is 17.0 Å². The zero-order valence-corrected chi connectivity index (χ0v) is 10.3. The normalized spacial score (nSPS) is 12.1. The van der Waals surface area contributed by atoms with Crippen LogP contribution in [0.2, 0.25) is 0 Å². The number of oxazole rings is 1. The number of hydrogen-bond acceptors (Lipinski definition) is 8. The highest BCUT2D eigenvalue weighted by atomic mass is 16.6. The van der Waals surface area contributed by atoms with E-state index in [-0.39, 0.29) is 23.4 Å². The number of rotatable bonds is 4. The van der Waals surface area contributed by atoms with Crippen molar-refractivity contribution in [3.05, 3.63) is 34.3 Å². The van der Waals surface area contributed by atoms with Crippen LogP contribution in [0.25, 0.3) is 0 Å². The third kappa shape index (κ3) is 2.59. The van der Waals surface area contributed by atoms with Crippen molar-refractivity contribution in [3.8, 4) is 0 Å². The van der Waals surface area contributed by atoms with Crippen LogP contribution >= 0.6 is 0 Å². The van der Waals surface area contributed by atoms with Crippen LogP contribution < -0.4 is 11.1 Å². The molecule has 2 heterocycles. The largest absolute Gasteiger partial charge is 0.444 e. The van der Waals surface area contributed by atoms with E-state index >= 15 is 0 Å². The smallest absolute Gasteiger partial charge is 0.353 e. The van der Waals surface area contributed by atoms with Gasteiger partial charge >= 0.3 is 5.69 Å². The number of nitrogen functional groups attached to an aromatic ring is 1. The van der Waals surface area contributed by atoms with Crippen molar-refractivity contribution in [2.75, 3.05) is 11.1 Å².